The molecule has 0 spiro atoms. The van der Waals surface area contributed by atoms with E-state index in [2.05, 4.69) is 41.2 Å². The molecule has 1 saturated heterocycles. The molecule has 8 heteroatoms. The maximum Gasteiger partial charge on any atom is 0.258 e. The van der Waals surface area contributed by atoms with E-state index in [0.717, 1.165) is 43.0 Å². The van der Waals surface area contributed by atoms with E-state index in [-0.39, 0.29) is 0 Å². The normalized spacial score (nSPS) is 18.4. The molecule has 0 N–H and O–H groups in total. The van der Waals surface area contributed by atoms with Gasteiger partial charge in [0.25, 0.3) is 5.89 Å². The third-order valence-corrected chi connectivity index (χ3v) is 5.21. The SMILES string of the molecule is Cc1noc(-c2ccnc(N3CCC(n4cc(C5CC5)nn4)CC3)c2)n1. The molecule has 8 nitrogen and oxygen atoms in total. The number of piperidine rings is 1. The molecule has 3 aromatic heterocycles. The van der Waals surface area contributed by atoms with Gasteiger partial charge in [0.1, 0.15) is 5.82 Å². The van der Waals surface area contributed by atoms with Crippen molar-refractivity contribution in [3.63, 3.8) is 0 Å². The molecule has 1 saturated carbocycles. The number of aromatic nitrogens is 6. The molecule has 134 valence electrons. The second-order valence-corrected chi connectivity index (χ2v) is 7.17. The number of hydrogen-bond donors (Lipinski definition) is 0. The van der Waals surface area contributed by atoms with Crippen LogP contribution >= 0.6 is 0 Å². The Bertz CT molecular complexity index is 906. The van der Waals surface area contributed by atoms with Gasteiger partial charge in [0.05, 0.1) is 11.7 Å². The van der Waals surface area contributed by atoms with E-state index < -0.39 is 0 Å². The summed E-state index contributed by atoms with van der Waals surface area (Å²) in [5, 5.41) is 12.6. The van der Waals surface area contributed by atoms with Crippen LogP contribution in [0.2, 0.25) is 0 Å². The van der Waals surface area contributed by atoms with Crippen molar-refractivity contribution < 1.29 is 4.52 Å². The van der Waals surface area contributed by atoms with Gasteiger partial charge >= 0.3 is 0 Å². The first-order chi connectivity index (χ1) is 12.8. The second kappa shape index (κ2) is 6.19. The number of hydrogen-bond acceptors (Lipinski definition) is 7. The zero-order chi connectivity index (χ0) is 17.5. The van der Waals surface area contributed by atoms with Crippen LogP contribution in [0.15, 0.2) is 29.0 Å². The lowest BCUT2D eigenvalue weighted by molar-refractivity contribution is 0.359. The summed E-state index contributed by atoms with van der Waals surface area (Å²) in [6.45, 7) is 3.71. The Hall–Kier alpha value is -2.77. The highest BCUT2D eigenvalue weighted by Crippen LogP contribution is 2.39. The molecular formula is C18H21N7O. The molecule has 0 amide bonds. The molecule has 1 aliphatic heterocycles. The van der Waals surface area contributed by atoms with E-state index in [1.54, 1.807) is 6.20 Å². The third-order valence-electron chi connectivity index (χ3n) is 5.21. The number of aryl methyl sites for hydroxylation is 1. The molecule has 2 aliphatic rings. The van der Waals surface area contributed by atoms with Crippen molar-refractivity contribution in [3.8, 4) is 11.5 Å². The van der Waals surface area contributed by atoms with Gasteiger partial charge in [0.15, 0.2) is 5.82 Å². The van der Waals surface area contributed by atoms with Crippen LogP contribution in [-0.4, -0.2) is 43.2 Å². The van der Waals surface area contributed by atoms with E-state index >= 15 is 0 Å². The largest absolute Gasteiger partial charge is 0.356 e. The summed E-state index contributed by atoms with van der Waals surface area (Å²) in [5.41, 5.74) is 2.07. The first-order valence-electron chi connectivity index (χ1n) is 9.20. The van der Waals surface area contributed by atoms with Crippen LogP contribution in [0.3, 0.4) is 0 Å². The average Bonchev–Trinajstić information content (AvgIpc) is 3.24. The fraction of sp³-hybridized carbons (Fsp3) is 0.500. The van der Waals surface area contributed by atoms with Gasteiger partial charge in [0, 0.05) is 37.0 Å². The molecule has 0 atom stereocenters. The topological polar surface area (TPSA) is 85.8 Å². The predicted octanol–water partition coefficient (Wildman–Crippen LogP) is 2.75. The van der Waals surface area contributed by atoms with Crippen molar-refractivity contribution >= 4 is 5.82 Å². The van der Waals surface area contributed by atoms with Gasteiger partial charge in [-0.25, -0.2) is 9.67 Å². The first-order valence-corrected chi connectivity index (χ1v) is 9.20. The van der Waals surface area contributed by atoms with Gasteiger partial charge < -0.3 is 9.42 Å². The van der Waals surface area contributed by atoms with Crippen LogP contribution in [0, 0.1) is 6.92 Å². The highest BCUT2D eigenvalue weighted by molar-refractivity contribution is 5.58. The molecule has 0 radical (unpaired) electrons. The summed E-state index contributed by atoms with van der Waals surface area (Å²) < 4.78 is 7.33. The van der Waals surface area contributed by atoms with Gasteiger partial charge in [-0.05, 0) is 44.7 Å². The minimum Gasteiger partial charge on any atom is -0.356 e. The molecule has 0 aromatic carbocycles. The van der Waals surface area contributed by atoms with Crippen LogP contribution in [0.4, 0.5) is 5.82 Å². The zero-order valence-corrected chi connectivity index (χ0v) is 14.7. The lowest BCUT2D eigenvalue weighted by atomic mass is 10.1. The highest BCUT2D eigenvalue weighted by Gasteiger charge is 2.28. The standard InChI is InChI=1S/C18H21N7O/c1-12-20-18(26-22-12)14-4-7-19-17(10-14)24-8-5-15(6-9-24)25-11-16(21-23-25)13-2-3-13/h4,7,10-11,13,15H,2-3,5-6,8-9H2,1H3. The van der Waals surface area contributed by atoms with Crippen LogP contribution in [0.5, 0.6) is 0 Å². The minimum atomic E-state index is 0.424. The molecule has 26 heavy (non-hydrogen) atoms. The van der Waals surface area contributed by atoms with Crippen LogP contribution in [0.25, 0.3) is 11.5 Å². The quantitative estimate of drug-likeness (QED) is 0.714. The van der Waals surface area contributed by atoms with Crippen molar-refractivity contribution in [1.29, 1.82) is 0 Å². The maximum absolute atomic E-state index is 5.27. The predicted molar refractivity (Wildman–Crippen MR) is 94.7 cm³/mol. The molecule has 1 aliphatic carbocycles. The van der Waals surface area contributed by atoms with Gasteiger partial charge in [-0.15, -0.1) is 5.10 Å². The summed E-state index contributed by atoms with van der Waals surface area (Å²) in [6, 6.07) is 4.35. The number of rotatable bonds is 4. The van der Waals surface area contributed by atoms with Crippen molar-refractivity contribution in [2.24, 2.45) is 0 Å². The van der Waals surface area contributed by atoms with Crippen LogP contribution in [0.1, 0.15) is 49.2 Å². The molecule has 2 fully saturated rings. The Morgan fingerprint density at radius 3 is 2.73 bits per heavy atom. The van der Waals surface area contributed by atoms with Crippen LogP contribution in [-0.2, 0) is 0 Å². The van der Waals surface area contributed by atoms with E-state index in [1.165, 1.54) is 12.8 Å². The van der Waals surface area contributed by atoms with Gasteiger partial charge in [0.2, 0.25) is 0 Å². The molecule has 3 aromatic rings. The Morgan fingerprint density at radius 1 is 1.15 bits per heavy atom. The molecular weight excluding hydrogens is 330 g/mol. The van der Waals surface area contributed by atoms with Crippen molar-refractivity contribution in [3.05, 3.63) is 36.0 Å². The van der Waals surface area contributed by atoms with Gasteiger partial charge in [-0.2, -0.15) is 4.98 Å². The molecule has 0 unspecified atom stereocenters. The zero-order valence-electron chi connectivity index (χ0n) is 14.7. The van der Waals surface area contributed by atoms with Crippen molar-refractivity contribution in [2.45, 2.75) is 44.6 Å². The summed E-state index contributed by atoms with van der Waals surface area (Å²) in [5.74, 6) is 2.78. The average molecular weight is 351 g/mol. The summed E-state index contributed by atoms with van der Waals surface area (Å²) >= 11 is 0. The summed E-state index contributed by atoms with van der Waals surface area (Å²) in [6.07, 6.45) is 8.56. The van der Waals surface area contributed by atoms with Crippen LogP contribution < -0.4 is 4.90 Å². The van der Waals surface area contributed by atoms with E-state index in [0.29, 0.717) is 23.7 Å². The van der Waals surface area contributed by atoms with E-state index in [9.17, 15) is 0 Å². The van der Waals surface area contributed by atoms with E-state index in [1.807, 2.05) is 19.1 Å². The number of pyridine rings is 1. The third kappa shape index (κ3) is 2.95. The monoisotopic (exact) mass is 351 g/mol. The maximum atomic E-state index is 5.27. The highest BCUT2D eigenvalue weighted by atomic mass is 16.5. The number of nitrogens with zero attached hydrogens (tertiary/aromatic N) is 7. The molecule has 0 bridgehead atoms. The van der Waals surface area contributed by atoms with Gasteiger partial charge in [-0.1, -0.05) is 10.4 Å². The minimum absolute atomic E-state index is 0.424. The summed E-state index contributed by atoms with van der Waals surface area (Å²) in [4.78, 5) is 11.1. The fourth-order valence-corrected chi connectivity index (χ4v) is 3.53. The van der Waals surface area contributed by atoms with Gasteiger partial charge in [-0.3, -0.25) is 0 Å². The first kappa shape index (κ1) is 15.5. The van der Waals surface area contributed by atoms with Crippen molar-refractivity contribution in [1.82, 2.24) is 30.1 Å². The van der Waals surface area contributed by atoms with E-state index in [4.69, 9.17) is 4.52 Å². The number of anilines is 1. The second-order valence-electron chi connectivity index (χ2n) is 7.17. The smallest absolute Gasteiger partial charge is 0.258 e. The summed E-state index contributed by atoms with van der Waals surface area (Å²) in [7, 11) is 0. The van der Waals surface area contributed by atoms with Crippen molar-refractivity contribution in [2.75, 3.05) is 18.0 Å². The Kier molecular flexibility index (Phi) is 3.69. The lowest BCUT2D eigenvalue weighted by Gasteiger charge is -2.32. The Morgan fingerprint density at radius 2 is 2.00 bits per heavy atom. The Balaban J connectivity index is 1.27. The molecule has 4 heterocycles. The fourth-order valence-electron chi connectivity index (χ4n) is 3.53. The Labute approximate surface area is 151 Å². The lowest BCUT2D eigenvalue weighted by Crippen LogP contribution is -2.35. The molecule has 5 rings (SSSR count).